The molecule has 1 aliphatic carbocycles. The smallest absolute Gasteiger partial charge is 0.227 e. The number of halogens is 1. The lowest BCUT2D eigenvalue weighted by Crippen LogP contribution is -2.48. The number of aryl methyl sites for hydroxylation is 2. The molecule has 2 amide bonds. The van der Waals surface area contributed by atoms with E-state index >= 15 is 0 Å². The number of anilines is 2. The second-order valence-electron chi connectivity index (χ2n) is 7.75. The number of piperazine rings is 1. The second-order valence-corrected chi connectivity index (χ2v) is 8.81. The molecule has 1 aliphatic heterocycles. The number of fused-ring (bicyclic) bond motifs is 1. The van der Waals surface area contributed by atoms with Crippen LogP contribution in [0.5, 0.6) is 0 Å². The fraction of sp³-hybridized carbons (Fsp3) is 0.476. The molecule has 1 N–H and O–H groups in total. The van der Waals surface area contributed by atoms with E-state index in [9.17, 15) is 14.0 Å². The van der Waals surface area contributed by atoms with Crippen molar-refractivity contribution in [2.75, 3.05) is 36.4 Å². The van der Waals surface area contributed by atoms with Crippen molar-refractivity contribution in [1.82, 2.24) is 9.88 Å². The topological polar surface area (TPSA) is 65.5 Å². The van der Waals surface area contributed by atoms with Crippen LogP contribution < -0.4 is 10.2 Å². The maximum atomic E-state index is 13.3. The number of amides is 2. The van der Waals surface area contributed by atoms with Gasteiger partial charge in [0.15, 0.2) is 5.13 Å². The van der Waals surface area contributed by atoms with E-state index in [1.165, 1.54) is 17.0 Å². The number of aromatic nitrogens is 1. The number of carbonyl (C=O) groups excluding carboxylic acids is 2. The molecule has 2 aliphatic rings. The van der Waals surface area contributed by atoms with E-state index in [0.717, 1.165) is 55.4 Å². The Balaban J connectivity index is 1.40. The molecule has 154 valence electrons. The van der Waals surface area contributed by atoms with Crippen LogP contribution in [0.4, 0.5) is 15.2 Å². The van der Waals surface area contributed by atoms with Crippen molar-refractivity contribution in [3.63, 3.8) is 0 Å². The van der Waals surface area contributed by atoms with E-state index < -0.39 is 0 Å². The Labute approximate surface area is 173 Å². The molecule has 0 bridgehead atoms. The van der Waals surface area contributed by atoms with Crippen molar-refractivity contribution in [3.05, 3.63) is 40.2 Å². The van der Waals surface area contributed by atoms with Crippen LogP contribution in [0.25, 0.3) is 0 Å². The Morgan fingerprint density at radius 3 is 2.69 bits per heavy atom. The summed E-state index contributed by atoms with van der Waals surface area (Å²) < 4.78 is 13.3. The van der Waals surface area contributed by atoms with Gasteiger partial charge in [0.25, 0.3) is 0 Å². The van der Waals surface area contributed by atoms with Gasteiger partial charge in [0, 0.05) is 49.6 Å². The highest BCUT2D eigenvalue weighted by atomic mass is 32.1. The van der Waals surface area contributed by atoms with Gasteiger partial charge in [-0.2, -0.15) is 0 Å². The number of nitrogens with zero attached hydrogens (tertiary/aromatic N) is 3. The lowest BCUT2D eigenvalue weighted by molar-refractivity contribution is -0.129. The van der Waals surface area contributed by atoms with Crippen molar-refractivity contribution in [2.24, 2.45) is 5.92 Å². The molecular weight excluding hydrogens is 391 g/mol. The summed E-state index contributed by atoms with van der Waals surface area (Å²) in [6, 6.07) is 4.40. The van der Waals surface area contributed by atoms with Crippen LogP contribution in [0.15, 0.2) is 18.2 Å². The van der Waals surface area contributed by atoms with Gasteiger partial charge in [-0.1, -0.05) is 0 Å². The fourth-order valence-corrected chi connectivity index (χ4v) is 5.17. The monoisotopic (exact) mass is 416 g/mol. The fourth-order valence-electron chi connectivity index (χ4n) is 3.94. The molecule has 1 aromatic carbocycles. The maximum Gasteiger partial charge on any atom is 0.227 e. The molecule has 1 unspecified atom stereocenters. The molecule has 0 saturated carbocycles. The molecule has 1 fully saturated rings. The van der Waals surface area contributed by atoms with Crippen molar-refractivity contribution >= 4 is 34.0 Å². The summed E-state index contributed by atoms with van der Waals surface area (Å²) in [6.45, 7) is 6.43. The van der Waals surface area contributed by atoms with Crippen LogP contribution in [0.2, 0.25) is 0 Å². The van der Waals surface area contributed by atoms with Gasteiger partial charge in [-0.05, 0) is 49.9 Å². The number of carbonyl (C=O) groups is 2. The number of hydrogen-bond acceptors (Lipinski definition) is 5. The Bertz CT molecular complexity index is 937. The predicted octanol–water partition coefficient (Wildman–Crippen LogP) is 3.00. The van der Waals surface area contributed by atoms with Gasteiger partial charge in [-0.25, -0.2) is 9.37 Å². The van der Waals surface area contributed by atoms with Crippen LogP contribution in [-0.4, -0.2) is 47.9 Å². The van der Waals surface area contributed by atoms with E-state index in [4.69, 9.17) is 4.98 Å². The van der Waals surface area contributed by atoms with Gasteiger partial charge in [0.1, 0.15) is 5.82 Å². The van der Waals surface area contributed by atoms with E-state index in [1.54, 1.807) is 31.3 Å². The minimum atomic E-state index is -0.302. The van der Waals surface area contributed by atoms with Gasteiger partial charge < -0.3 is 15.1 Å². The molecule has 8 heteroatoms. The van der Waals surface area contributed by atoms with E-state index in [-0.39, 0.29) is 23.5 Å². The third-order valence-electron chi connectivity index (χ3n) is 5.74. The van der Waals surface area contributed by atoms with E-state index in [2.05, 4.69) is 10.2 Å². The van der Waals surface area contributed by atoms with E-state index in [1.807, 2.05) is 4.90 Å². The molecule has 2 aromatic rings. The summed E-state index contributed by atoms with van der Waals surface area (Å²) in [7, 11) is 0. The average Bonchev–Trinajstić information content (AvgIpc) is 3.13. The number of nitrogens with one attached hydrogen (secondary N) is 1. The summed E-state index contributed by atoms with van der Waals surface area (Å²) in [4.78, 5) is 34.4. The lowest BCUT2D eigenvalue weighted by atomic mass is 9.90. The Morgan fingerprint density at radius 1 is 1.24 bits per heavy atom. The Morgan fingerprint density at radius 2 is 2.00 bits per heavy atom. The van der Waals surface area contributed by atoms with Gasteiger partial charge in [0.2, 0.25) is 11.8 Å². The van der Waals surface area contributed by atoms with Crippen molar-refractivity contribution < 1.29 is 14.0 Å². The molecule has 6 nitrogen and oxygen atoms in total. The maximum absolute atomic E-state index is 13.3. The average molecular weight is 417 g/mol. The van der Waals surface area contributed by atoms with Gasteiger partial charge in [-0.15, -0.1) is 11.3 Å². The highest BCUT2D eigenvalue weighted by Crippen LogP contribution is 2.35. The van der Waals surface area contributed by atoms with Crippen molar-refractivity contribution in [2.45, 2.75) is 33.1 Å². The predicted molar refractivity (Wildman–Crippen MR) is 112 cm³/mol. The molecule has 1 aromatic heterocycles. The van der Waals surface area contributed by atoms with E-state index in [0.29, 0.717) is 12.1 Å². The summed E-state index contributed by atoms with van der Waals surface area (Å²) in [5.74, 6) is -0.303. The third kappa shape index (κ3) is 4.27. The molecule has 1 atom stereocenters. The summed E-state index contributed by atoms with van der Waals surface area (Å²) in [5, 5.41) is 3.95. The first-order chi connectivity index (χ1) is 13.9. The molecule has 1 saturated heterocycles. The zero-order valence-corrected chi connectivity index (χ0v) is 17.5. The lowest BCUT2D eigenvalue weighted by Gasteiger charge is -2.33. The molecular formula is C21H25FN4O2S. The third-order valence-corrected chi connectivity index (χ3v) is 6.92. The number of benzene rings is 1. The summed E-state index contributed by atoms with van der Waals surface area (Å²) in [6.07, 6.45) is 2.24. The van der Waals surface area contributed by atoms with Gasteiger partial charge in [-0.3, -0.25) is 9.59 Å². The Hall–Kier alpha value is -2.48. The van der Waals surface area contributed by atoms with Crippen LogP contribution >= 0.6 is 11.3 Å². The van der Waals surface area contributed by atoms with Crippen LogP contribution in [0.3, 0.4) is 0 Å². The minimum absolute atomic E-state index is 0.0182. The molecule has 0 radical (unpaired) electrons. The first-order valence-corrected chi connectivity index (χ1v) is 10.8. The largest absolute Gasteiger partial charge is 0.345 e. The number of hydrogen-bond donors (Lipinski definition) is 1. The standard InChI is InChI=1S/C21H25FN4O2S/c1-13-11-16(22)4-6-17(13)23-20(28)15-3-5-18-19(12-15)29-21(24-18)26-9-7-25(8-10-26)14(2)27/h4,6,11,15H,3,5,7-10,12H2,1-2H3,(H,23,28). The summed E-state index contributed by atoms with van der Waals surface area (Å²) >= 11 is 1.67. The first kappa shape index (κ1) is 19.8. The van der Waals surface area contributed by atoms with Crippen molar-refractivity contribution in [1.29, 1.82) is 0 Å². The quantitative estimate of drug-likeness (QED) is 0.835. The van der Waals surface area contributed by atoms with Gasteiger partial charge in [0.05, 0.1) is 5.69 Å². The number of thiazole rings is 1. The van der Waals surface area contributed by atoms with Crippen LogP contribution in [-0.2, 0) is 22.4 Å². The summed E-state index contributed by atoms with van der Waals surface area (Å²) in [5.41, 5.74) is 2.48. The molecule has 29 heavy (non-hydrogen) atoms. The highest BCUT2D eigenvalue weighted by molar-refractivity contribution is 7.15. The SMILES string of the molecule is CC(=O)N1CCN(c2nc3c(s2)CC(C(=O)Nc2ccc(F)cc2C)CC3)CC1. The zero-order valence-electron chi connectivity index (χ0n) is 16.7. The molecule has 2 heterocycles. The van der Waals surface area contributed by atoms with Gasteiger partial charge >= 0.3 is 0 Å². The van der Waals surface area contributed by atoms with Crippen LogP contribution in [0.1, 0.15) is 29.5 Å². The zero-order chi connectivity index (χ0) is 20.5. The molecule has 4 rings (SSSR count). The van der Waals surface area contributed by atoms with Crippen molar-refractivity contribution in [3.8, 4) is 0 Å². The second kappa shape index (κ2) is 8.10. The normalized spacial score (nSPS) is 19.1. The van der Waals surface area contributed by atoms with Crippen LogP contribution in [0, 0.1) is 18.7 Å². The molecule has 0 spiro atoms. The Kier molecular flexibility index (Phi) is 5.54. The highest BCUT2D eigenvalue weighted by Gasteiger charge is 2.29. The number of rotatable bonds is 3. The first-order valence-electron chi connectivity index (χ1n) is 9.97. The minimum Gasteiger partial charge on any atom is -0.345 e.